The van der Waals surface area contributed by atoms with Crippen molar-refractivity contribution in [2.75, 3.05) is 11.9 Å². The molecule has 5 nitrogen and oxygen atoms in total. The summed E-state index contributed by atoms with van der Waals surface area (Å²) >= 11 is 12.4. The number of carbonyl (C=O) groups is 1. The van der Waals surface area contributed by atoms with Crippen molar-refractivity contribution in [1.29, 1.82) is 0 Å². The van der Waals surface area contributed by atoms with Gasteiger partial charge in [0.1, 0.15) is 11.8 Å². The van der Waals surface area contributed by atoms with E-state index in [-0.39, 0.29) is 34.3 Å². The highest BCUT2D eigenvalue weighted by atomic mass is 35.5. The van der Waals surface area contributed by atoms with Crippen molar-refractivity contribution in [3.8, 4) is 0 Å². The highest BCUT2D eigenvalue weighted by Crippen LogP contribution is 2.37. The summed E-state index contributed by atoms with van der Waals surface area (Å²) in [6, 6.07) is 0. The summed E-state index contributed by atoms with van der Waals surface area (Å²) < 4.78 is 19.7. The van der Waals surface area contributed by atoms with Gasteiger partial charge in [0.2, 0.25) is 5.13 Å². The molecule has 25 heavy (non-hydrogen) atoms. The Hall–Kier alpha value is -1.25. The van der Waals surface area contributed by atoms with Gasteiger partial charge in [-0.2, -0.15) is 9.49 Å². The molecule has 0 unspecified atom stereocenters. The van der Waals surface area contributed by atoms with E-state index in [0.717, 1.165) is 49.9 Å². The van der Waals surface area contributed by atoms with Gasteiger partial charge in [-0.1, -0.05) is 11.6 Å². The molecule has 1 N–H and O–H groups in total. The molecule has 0 spiro atoms. The third-order valence-electron chi connectivity index (χ3n) is 4.17. The van der Waals surface area contributed by atoms with Crippen LogP contribution < -0.4 is 5.32 Å². The molecule has 1 aromatic rings. The first-order chi connectivity index (χ1) is 12.0. The summed E-state index contributed by atoms with van der Waals surface area (Å²) in [6.45, 7) is 0.673. The first kappa shape index (κ1) is 18.5. The second-order valence-electron chi connectivity index (χ2n) is 6.05. The van der Waals surface area contributed by atoms with E-state index in [9.17, 15) is 9.18 Å². The van der Waals surface area contributed by atoms with Crippen LogP contribution in [0.2, 0.25) is 5.02 Å². The average Bonchev–Trinajstić information content (AvgIpc) is 3.19. The van der Waals surface area contributed by atoms with Gasteiger partial charge >= 0.3 is 5.97 Å². The Labute approximate surface area is 160 Å². The second-order valence-corrected chi connectivity index (χ2v) is 7.87. The van der Waals surface area contributed by atoms with Crippen LogP contribution in [0.5, 0.6) is 0 Å². The van der Waals surface area contributed by atoms with Crippen molar-refractivity contribution in [3.05, 3.63) is 15.0 Å². The molecule has 136 valence electrons. The fraction of sp³-hybridized carbons (Fsp3) is 0.562. The Morgan fingerprint density at radius 2 is 2.24 bits per heavy atom. The quantitative estimate of drug-likeness (QED) is 0.598. The zero-order valence-electron chi connectivity index (χ0n) is 13.6. The number of halogens is 2. The lowest BCUT2D eigenvalue weighted by atomic mass is 10.3. The number of hydrazone groups is 1. The smallest absolute Gasteiger partial charge is 0.311 e. The maximum atomic E-state index is 14.3. The number of hydrogen-bond acceptors (Lipinski definition) is 5. The molecule has 1 aliphatic heterocycles. The first-order valence-corrected chi connectivity index (χ1v) is 9.92. The summed E-state index contributed by atoms with van der Waals surface area (Å²) in [6.07, 6.45) is 7.52. The Morgan fingerprint density at radius 1 is 1.48 bits per heavy atom. The predicted molar refractivity (Wildman–Crippen MR) is 102 cm³/mol. The fourth-order valence-corrected chi connectivity index (χ4v) is 4.35. The Kier molecular flexibility index (Phi) is 6.24. The third-order valence-corrected chi connectivity index (χ3v) is 5.99. The van der Waals surface area contributed by atoms with Gasteiger partial charge in [0.25, 0.3) is 0 Å². The van der Waals surface area contributed by atoms with Crippen molar-refractivity contribution in [2.45, 2.75) is 51.0 Å². The normalized spacial score (nSPS) is 17.8. The van der Waals surface area contributed by atoms with E-state index in [1.54, 1.807) is 11.2 Å². The van der Waals surface area contributed by atoms with Gasteiger partial charge in [0.05, 0.1) is 11.4 Å². The molecule has 0 atom stereocenters. The highest BCUT2D eigenvalue weighted by Gasteiger charge is 2.24. The minimum Gasteiger partial charge on any atom is -0.462 e. The van der Waals surface area contributed by atoms with Crippen LogP contribution in [0.15, 0.2) is 5.10 Å². The number of thiophene rings is 1. The molecule has 1 saturated carbocycles. The van der Waals surface area contributed by atoms with Crippen LogP contribution in [-0.2, 0) is 16.0 Å². The third kappa shape index (κ3) is 4.68. The van der Waals surface area contributed by atoms with Crippen LogP contribution in [0.3, 0.4) is 0 Å². The molecule has 1 fully saturated rings. The largest absolute Gasteiger partial charge is 0.462 e. The number of nitrogens with zero attached hydrogens (tertiary/aromatic N) is 2. The molecule has 3 rings (SSSR count). The van der Waals surface area contributed by atoms with Crippen LogP contribution in [-0.4, -0.2) is 35.0 Å². The molecule has 1 aliphatic carbocycles. The molecule has 0 radical (unpaired) electrons. The number of ether oxygens (including phenoxy) is 1. The molecule has 0 saturated heterocycles. The van der Waals surface area contributed by atoms with Gasteiger partial charge in [-0.3, -0.25) is 4.79 Å². The predicted octanol–water partition coefficient (Wildman–Crippen LogP) is 4.35. The Bertz CT molecular complexity index is 689. The molecule has 0 bridgehead atoms. The van der Waals surface area contributed by atoms with Gasteiger partial charge in [-0.15, -0.1) is 11.3 Å². The van der Waals surface area contributed by atoms with E-state index < -0.39 is 5.13 Å². The van der Waals surface area contributed by atoms with E-state index in [1.165, 1.54) is 0 Å². The van der Waals surface area contributed by atoms with Gasteiger partial charge in [-0.05, 0) is 50.7 Å². The van der Waals surface area contributed by atoms with Crippen molar-refractivity contribution in [2.24, 2.45) is 5.10 Å². The van der Waals surface area contributed by atoms with Gasteiger partial charge in [0, 0.05) is 17.6 Å². The molecule has 2 aliphatic rings. The zero-order chi connectivity index (χ0) is 17.8. The fourth-order valence-electron chi connectivity index (χ4n) is 2.88. The summed E-state index contributed by atoms with van der Waals surface area (Å²) in [4.78, 5) is 12.5. The monoisotopic (exact) mass is 403 g/mol. The van der Waals surface area contributed by atoms with Crippen molar-refractivity contribution in [3.63, 3.8) is 0 Å². The standard InChI is InChI=1S/C16H19ClFN3O2S2/c17-13-11(9-12(22)23-10-5-1-2-6-10)25-15(18)14(13)20-16(24)21-8-4-3-7-19-21/h7,10H,1-6,8-9H2,(H,20,24). The molecular weight excluding hydrogens is 385 g/mol. The number of nitrogens with one attached hydrogen (secondary N) is 1. The van der Waals surface area contributed by atoms with Crippen molar-refractivity contribution in [1.82, 2.24) is 5.01 Å². The molecular formula is C16H19ClFN3O2S2. The number of anilines is 1. The topological polar surface area (TPSA) is 53.9 Å². The second kappa shape index (κ2) is 8.42. The van der Waals surface area contributed by atoms with Crippen LogP contribution >= 0.6 is 35.2 Å². The van der Waals surface area contributed by atoms with Crippen LogP contribution in [0.4, 0.5) is 10.1 Å². The molecule has 2 heterocycles. The Balaban J connectivity index is 1.63. The summed E-state index contributed by atoms with van der Waals surface area (Å²) in [5.41, 5.74) is 0.0982. The maximum Gasteiger partial charge on any atom is 0.311 e. The number of thiocarbonyl (C=S) groups is 1. The van der Waals surface area contributed by atoms with Crippen molar-refractivity contribution >= 4 is 58.1 Å². The number of carbonyl (C=O) groups excluding carboxylic acids is 1. The molecule has 9 heteroatoms. The number of rotatable bonds is 4. The van der Waals surface area contributed by atoms with E-state index in [2.05, 4.69) is 10.4 Å². The van der Waals surface area contributed by atoms with Crippen LogP contribution in [0.25, 0.3) is 0 Å². The van der Waals surface area contributed by atoms with Gasteiger partial charge in [-0.25, -0.2) is 5.01 Å². The highest BCUT2D eigenvalue weighted by molar-refractivity contribution is 7.80. The van der Waals surface area contributed by atoms with Crippen molar-refractivity contribution < 1.29 is 13.9 Å². The molecule has 1 aromatic heterocycles. The SMILES string of the molecule is O=C(Cc1sc(F)c(NC(=S)N2CCCC=N2)c1Cl)OC1CCCC1. The minimum absolute atomic E-state index is 0.0155. The van der Waals surface area contributed by atoms with Gasteiger partial charge in [0.15, 0.2) is 5.11 Å². The van der Waals surface area contributed by atoms with E-state index >= 15 is 0 Å². The number of hydrogen-bond donors (Lipinski definition) is 1. The average molecular weight is 404 g/mol. The van der Waals surface area contributed by atoms with Crippen LogP contribution in [0, 0.1) is 5.13 Å². The van der Waals surface area contributed by atoms with Crippen LogP contribution in [0.1, 0.15) is 43.4 Å². The van der Waals surface area contributed by atoms with E-state index in [1.807, 2.05) is 0 Å². The molecule has 0 amide bonds. The zero-order valence-corrected chi connectivity index (χ0v) is 16.0. The lowest BCUT2D eigenvalue weighted by molar-refractivity contribution is -0.147. The Morgan fingerprint density at radius 3 is 2.92 bits per heavy atom. The molecule has 0 aromatic carbocycles. The maximum absolute atomic E-state index is 14.3. The first-order valence-electron chi connectivity index (χ1n) is 8.31. The number of esters is 1. The summed E-state index contributed by atoms with van der Waals surface area (Å²) in [7, 11) is 0. The minimum atomic E-state index is -0.503. The van der Waals surface area contributed by atoms with E-state index in [4.69, 9.17) is 28.6 Å². The summed E-state index contributed by atoms with van der Waals surface area (Å²) in [5.74, 6) is -0.371. The lowest BCUT2D eigenvalue weighted by Gasteiger charge is -2.22. The van der Waals surface area contributed by atoms with E-state index in [0.29, 0.717) is 11.4 Å². The summed E-state index contributed by atoms with van der Waals surface area (Å²) in [5, 5.41) is 8.53. The lowest BCUT2D eigenvalue weighted by Crippen LogP contribution is -2.33. The van der Waals surface area contributed by atoms with Gasteiger partial charge < -0.3 is 10.1 Å².